The summed E-state index contributed by atoms with van der Waals surface area (Å²) in [4.78, 5) is 3.68. The summed E-state index contributed by atoms with van der Waals surface area (Å²) in [6, 6.07) is 2.46. The number of aromatic nitrogens is 1. The highest BCUT2D eigenvalue weighted by atomic mass is 14.7. The van der Waals surface area contributed by atoms with E-state index in [4.69, 9.17) is 0 Å². The maximum absolute atomic E-state index is 3.68. The summed E-state index contributed by atoms with van der Waals surface area (Å²) in [5.74, 6) is 0.862. The highest BCUT2D eigenvalue weighted by Gasteiger charge is 2.21. The number of aryl methyl sites for hydroxylation is 2. The quantitative estimate of drug-likeness (QED) is 0.695. The van der Waals surface area contributed by atoms with E-state index in [1.807, 2.05) is 0 Å². The maximum atomic E-state index is 3.68. The Labute approximate surface area is 85.9 Å². The molecule has 0 bridgehead atoms. The zero-order chi connectivity index (χ0) is 9.38. The first-order chi connectivity index (χ1) is 6.93. The predicted molar refractivity (Wildman–Crippen MR) is 58.6 cm³/mol. The van der Waals surface area contributed by atoms with Crippen LogP contribution in [0, 0.1) is 0 Å². The molecule has 0 atom stereocenters. The first kappa shape index (κ1) is 8.58. The van der Waals surface area contributed by atoms with Gasteiger partial charge in [-0.05, 0) is 56.1 Å². The highest BCUT2D eigenvalue weighted by molar-refractivity contribution is 5.30. The monoisotopic (exact) mass is 189 g/mol. The Morgan fingerprint density at radius 1 is 1.00 bits per heavy atom. The number of aromatic amines is 1. The fraction of sp³-hybridized carbons (Fsp3) is 0.692. The van der Waals surface area contributed by atoms with Crippen LogP contribution < -0.4 is 0 Å². The fourth-order valence-electron chi connectivity index (χ4n) is 3.09. The van der Waals surface area contributed by atoms with Crippen LogP contribution >= 0.6 is 0 Å². The standard InChI is InChI=1S/C13H19N/c1-2-6-10(5-1)13-9-11-7-3-4-8-12(11)14-13/h9-10,14H,1-8H2. The van der Waals surface area contributed by atoms with Crippen molar-refractivity contribution in [2.24, 2.45) is 0 Å². The minimum Gasteiger partial charge on any atom is -0.362 e. The molecule has 0 aromatic carbocycles. The molecular weight excluding hydrogens is 170 g/mol. The van der Waals surface area contributed by atoms with Gasteiger partial charge in [-0.1, -0.05) is 12.8 Å². The molecule has 1 aromatic rings. The van der Waals surface area contributed by atoms with Crippen LogP contribution in [0.15, 0.2) is 6.07 Å². The number of rotatable bonds is 1. The van der Waals surface area contributed by atoms with Gasteiger partial charge in [-0.25, -0.2) is 0 Å². The Balaban J connectivity index is 1.87. The number of H-pyrrole nitrogens is 1. The lowest BCUT2D eigenvalue weighted by molar-refractivity contribution is 0.669. The van der Waals surface area contributed by atoms with Crippen LogP contribution in [0.1, 0.15) is 61.4 Å². The zero-order valence-corrected chi connectivity index (χ0v) is 8.81. The van der Waals surface area contributed by atoms with Gasteiger partial charge < -0.3 is 4.98 Å². The molecule has 76 valence electrons. The van der Waals surface area contributed by atoms with Gasteiger partial charge in [0.15, 0.2) is 0 Å². The topological polar surface area (TPSA) is 15.8 Å². The summed E-state index contributed by atoms with van der Waals surface area (Å²) in [6.07, 6.45) is 11.1. The molecule has 2 aliphatic carbocycles. The lowest BCUT2D eigenvalue weighted by Gasteiger charge is -2.09. The van der Waals surface area contributed by atoms with Crippen molar-refractivity contribution in [2.45, 2.75) is 57.3 Å². The van der Waals surface area contributed by atoms with Crippen LogP contribution in [0.2, 0.25) is 0 Å². The largest absolute Gasteiger partial charge is 0.362 e. The van der Waals surface area contributed by atoms with Gasteiger partial charge in [-0.3, -0.25) is 0 Å². The van der Waals surface area contributed by atoms with Crippen molar-refractivity contribution in [3.8, 4) is 0 Å². The van der Waals surface area contributed by atoms with Gasteiger partial charge >= 0.3 is 0 Å². The molecule has 0 spiro atoms. The molecule has 1 aromatic heterocycles. The fourth-order valence-corrected chi connectivity index (χ4v) is 3.09. The Hall–Kier alpha value is -0.720. The van der Waals surface area contributed by atoms with Gasteiger partial charge in [0.05, 0.1) is 0 Å². The van der Waals surface area contributed by atoms with E-state index in [0.29, 0.717) is 0 Å². The van der Waals surface area contributed by atoms with Gasteiger partial charge in [0.1, 0.15) is 0 Å². The van der Waals surface area contributed by atoms with Crippen LogP contribution in [0.4, 0.5) is 0 Å². The lowest BCUT2D eigenvalue weighted by Crippen LogP contribution is -1.99. The normalized spacial score (nSPS) is 22.6. The first-order valence-electron chi connectivity index (χ1n) is 6.14. The summed E-state index contributed by atoms with van der Waals surface area (Å²) in [6.45, 7) is 0. The van der Waals surface area contributed by atoms with Crippen LogP contribution in [-0.2, 0) is 12.8 Å². The molecular formula is C13H19N. The van der Waals surface area contributed by atoms with Gasteiger partial charge in [0.2, 0.25) is 0 Å². The van der Waals surface area contributed by atoms with Gasteiger partial charge in [0, 0.05) is 11.4 Å². The van der Waals surface area contributed by atoms with E-state index >= 15 is 0 Å². The van der Waals surface area contributed by atoms with Crippen molar-refractivity contribution in [1.29, 1.82) is 0 Å². The van der Waals surface area contributed by atoms with E-state index in [-0.39, 0.29) is 0 Å². The van der Waals surface area contributed by atoms with E-state index in [1.54, 1.807) is 17.0 Å². The molecule has 3 rings (SSSR count). The number of fused-ring (bicyclic) bond motifs is 1. The van der Waals surface area contributed by atoms with Gasteiger partial charge in [-0.2, -0.15) is 0 Å². The summed E-state index contributed by atoms with van der Waals surface area (Å²) in [5.41, 5.74) is 4.73. The zero-order valence-electron chi connectivity index (χ0n) is 8.81. The highest BCUT2D eigenvalue weighted by Crippen LogP contribution is 2.35. The summed E-state index contributed by atoms with van der Waals surface area (Å²) < 4.78 is 0. The molecule has 14 heavy (non-hydrogen) atoms. The van der Waals surface area contributed by atoms with Crippen molar-refractivity contribution in [2.75, 3.05) is 0 Å². The molecule has 0 unspecified atom stereocenters. The second-order valence-electron chi connectivity index (χ2n) is 4.92. The molecule has 0 saturated heterocycles. The molecule has 1 saturated carbocycles. The van der Waals surface area contributed by atoms with Crippen molar-refractivity contribution in [3.63, 3.8) is 0 Å². The van der Waals surface area contributed by atoms with E-state index in [0.717, 1.165) is 5.92 Å². The molecule has 1 nitrogen and oxygen atoms in total. The lowest BCUT2D eigenvalue weighted by atomic mass is 9.97. The number of nitrogens with one attached hydrogen (secondary N) is 1. The SMILES string of the molecule is c1c(C2CCCC2)[nH]c2c1CCCC2. The van der Waals surface area contributed by atoms with Crippen molar-refractivity contribution in [1.82, 2.24) is 4.98 Å². The second kappa shape index (κ2) is 3.45. The van der Waals surface area contributed by atoms with Gasteiger partial charge in [-0.15, -0.1) is 0 Å². The van der Waals surface area contributed by atoms with Crippen molar-refractivity contribution < 1.29 is 0 Å². The molecule has 0 amide bonds. The molecule has 0 aliphatic heterocycles. The number of hydrogen-bond acceptors (Lipinski definition) is 0. The second-order valence-corrected chi connectivity index (χ2v) is 4.92. The third-order valence-corrected chi connectivity index (χ3v) is 3.93. The van der Waals surface area contributed by atoms with Crippen LogP contribution in [0.5, 0.6) is 0 Å². The maximum Gasteiger partial charge on any atom is 0.0183 e. The summed E-state index contributed by atoms with van der Waals surface area (Å²) in [5, 5.41) is 0. The molecule has 1 heteroatoms. The summed E-state index contributed by atoms with van der Waals surface area (Å²) >= 11 is 0. The van der Waals surface area contributed by atoms with Crippen LogP contribution in [-0.4, -0.2) is 4.98 Å². The minimum atomic E-state index is 0.862. The average molecular weight is 189 g/mol. The molecule has 2 aliphatic rings. The Morgan fingerprint density at radius 3 is 2.57 bits per heavy atom. The third kappa shape index (κ3) is 1.39. The Bertz CT molecular complexity index is 294. The Kier molecular flexibility index (Phi) is 2.11. The molecule has 1 fully saturated rings. The first-order valence-corrected chi connectivity index (χ1v) is 6.14. The minimum absolute atomic E-state index is 0.862. The molecule has 0 radical (unpaired) electrons. The number of hydrogen-bond donors (Lipinski definition) is 1. The van der Waals surface area contributed by atoms with Crippen LogP contribution in [0.25, 0.3) is 0 Å². The predicted octanol–water partition coefficient (Wildman–Crippen LogP) is 3.55. The Morgan fingerprint density at radius 2 is 1.79 bits per heavy atom. The van der Waals surface area contributed by atoms with Gasteiger partial charge in [0.25, 0.3) is 0 Å². The third-order valence-electron chi connectivity index (χ3n) is 3.93. The van der Waals surface area contributed by atoms with E-state index in [1.165, 1.54) is 51.4 Å². The van der Waals surface area contributed by atoms with E-state index in [2.05, 4.69) is 11.1 Å². The van der Waals surface area contributed by atoms with Crippen molar-refractivity contribution in [3.05, 3.63) is 23.0 Å². The summed E-state index contributed by atoms with van der Waals surface area (Å²) in [7, 11) is 0. The smallest absolute Gasteiger partial charge is 0.0183 e. The van der Waals surface area contributed by atoms with E-state index in [9.17, 15) is 0 Å². The molecule has 1 N–H and O–H groups in total. The van der Waals surface area contributed by atoms with E-state index < -0.39 is 0 Å². The molecule has 1 heterocycles. The average Bonchev–Trinajstić information content (AvgIpc) is 2.86. The van der Waals surface area contributed by atoms with Crippen LogP contribution in [0.3, 0.4) is 0 Å². The van der Waals surface area contributed by atoms with Crippen molar-refractivity contribution >= 4 is 0 Å².